The van der Waals surface area contributed by atoms with Gasteiger partial charge in [0.15, 0.2) is 0 Å². The Morgan fingerprint density at radius 1 is 1.32 bits per heavy atom. The van der Waals surface area contributed by atoms with Crippen LogP contribution in [0.4, 0.5) is 4.39 Å². The van der Waals surface area contributed by atoms with Crippen LogP contribution in [0, 0.1) is 5.82 Å². The van der Waals surface area contributed by atoms with E-state index in [0.29, 0.717) is 17.7 Å². The summed E-state index contributed by atoms with van der Waals surface area (Å²) < 4.78 is 24.6. The molecule has 2 aromatic rings. The third-order valence-electron chi connectivity index (χ3n) is 3.28. The largest absolute Gasteiger partial charge is 0.496 e. The predicted molar refractivity (Wildman–Crippen MR) is 81.5 cm³/mol. The highest BCUT2D eigenvalue weighted by atomic mass is 19.1. The Labute approximate surface area is 128 Å². The molecule has 0 radical (unpaired) electrons. The molecule has 0 saturated carbocycles. The number of nitrogens with zero attached hydrogens (tertiary/aromatic N) is 1. The molecule has 0 bridgehead atoms. The molecule has 0 unspecified atom stereocenters. The highest BCUT2D eigenvalue weighted by Gasteiger charge is 2.21. The van der Waals surface area contributed by atoms with Crippen molar-refractivity contribution in [3.8, 4) is 16.9 Å². The first kappa shape index (κ1) is 15.9. The van der Waals surface area contributed by atoms with Gasteiger partial charge in [0.1, 0.15) is 11.6 Å². The Hall–Kier alpha value is -2.43. The Morgan fingerprint density at radius 3 is 2.73 bits per heavy atom. The summed E-state index contributed by atoms with van der Waals surface area (Å²) in [5.74, 6) is -0.630. The number of carbonyl (C=O) groups is 1. The van der Waals surface area contributed by atoms with E-state index in [1.54, 1.807) is 25.1 Å². The molecule has 22 heavy (non-hydrogen) atoms. The van der Waals surface area contributed by atoms with Gasteiger partial charge in [0, 0.05) is 17.5 Å². The Morgan fingerprint density at radius 2 is 2.09 bits per heavy atom. The summed E-state index contributed by atoms with van der Waals surface area (Å²) in [6, 6.07) is 6.25. The molecule has 1 aromatic carbocycles. The van der Waals surface area contributed by atoms with Crippen LogP contribution in [0.15, 0.2) is 30.5 Å². The maximum Gasteiger partial charge on any atom is 0.340 e. The fourth-order valence-electron chi connectivity index (χ4n) is 2.21. The van der Waals surface area contributed by atoms with Crippen LogP contribution >= 0.6 is 0 Å². The fourth-order valence-corrected chi connectivity index (χ4v) is 2.21. The number of esters is 1. The lowest BCUT2D eigenvalue weighted by atomic mass is 9.98. The maximum absolute atomic E-state index is 14.3. The first-order valence-electron chi connectivity index (χ1n) is 7.11. The van der Waals surface area contributed by atoms with Crippen molar-refractivity contribution in [3.05, 3.63) is 47.5 Å². The minimum absolute atomic E-state index is 0.224. The van der Waals surface area contributed by atoms with Gasteiger partial charge in [-0.3, -0.25) is 4.98 Å². The van der Waals surface area contributed by atoms with E-state index in [1.807, 2.05) is 6.92 Å². The van der Waals surface area contributed by atoms with Gasteiger partial charge in [-0.05, 0) is 31.5 Å². The molecule has 0 saturated heterocycles. The van der Waals surface area contributed by atoms with E-state index in [0.717, 1.165) is 5.69 Å². The number of pyridine rings is 1. The van der Waals surface area contributed by atoms with Gasteiger partial charge in [-0.25, -0.2) is 9.18 Å². The molecule has 116 valence electrons. The molecule has 0 amide bonds. The normalized spacial score (nSPS) is 10.4. The summed E-state index contributed by atoms with van der Waals surface area (Å²) in [6.07, 6.45) is 2.10. The molecule has 0 N–H and O–H groups in total. The zero-order chi connectivity index (χ0) is 16.1. The van der Waals surface area contributed by atoms with Crippen molar-refractivity contribution < 1.29 is 18.7 Å². The van der Waals surface area contributed by atoms with Gasteiger partial charge >= 0.3 is 5.97 Å². The molecular formula is C17H18FNO3. The van der Waals surface area contributed by atoms with Crippen LogP contribution in [0.3, 0.4) is 0 Å². The number of hydrogen-bond acceptors (Lipinski definition) is 4. The summed E-state index contributed by atoms with van der Waals surface area (Å²) in [5, 5.41) is 0. The van der Waals surface area contributed by atoms with E-state index in [-0.39, 0.29) is 17.7 Å². The van der Waals surface area contributed by atoms with Crippen molar-refractivity contribution in [2.24, 2.45) is 0 Å². The van der Waals surface area contributed by atoms with Crippen molar-refractivity contribution >= 4 is 5.97 Å². The minimum atomic E-state index is -0.530. The molecule has 0 aliphatic carbocycles. The second kappa shape index (κ2) is 7.02. The van der Waals surface area contributed by atoms with Gasteiger partial charge in [-0.2, -0.15) is 0 Å². The number of ether oxygens (including phenoxy) is 2. The SMILES string of the molecule is CCOC(=O)c1cnc(CC)cc1-c1c(F)cccc1OC. The third-order valence-corrected chi connectivity index (χ3v) is 3.28. The molecule has 0 aliphatic rings. The van der Waals surface area contributed by atoms with E-state index in [1.165, 1.54) is 19.4 Å². The average Bonchev–Trinajstić information content (AvgIpc) is 2.54. The van der Waals surface area contributed by atoms with E-state index in [4.69, 9.17) is 9.47 Å². The molecule has 5 heteroatoms. The Bertz CT molecular complexity index is 686. The van der Waals surface area contributed by atoms with Gasteiger partial charge in [0.05, 0.1) is 24.8 Å². The van der Waals surface area contributed by atoms with Crippen molar-refractivity contribution in [3.63, 3.8) is 0 Å². The Kier molecular flexibility index (Phi) is 5.09. The number of carbonyl (C=O) groups excluding carboxylic acids is 1. The maximum atomic E-state index is 14.3. The highest BCUT2D eigenvalue weighted by Crippen LogP contribution is 2.35. The number of aromatic nitrogens is 1. The second-order valence-corrected chi connectivity index (χ2v) is 4.61. The third kappa shape index (κ3) is 3.08. The lowest BCUT2D eigenvalue weighted by Gasteiger charge is -2.14. The quantitative estimate of drug-likeness (QED) is 0.791. The van der Waals surface area contributed by atoms with Crippen LogP contribution in [0.1, 0.15) is 29.9 Å². The highest BCUT2D eigenvalue weighted by molar-refractivity contribution is 5.98. The monoisotopic (exact) mass is 303 g/mol. The van der Waals surface area contributed by atoms with E-state index in [9.17, 15) is 9.18 Å². The van der Waals surface area contributed by atoms with Crippen molar-refractivity contribution in [2.45, 2.75) is 20.3 Å². The summed E-state index contributed by atoms with van der Waals surface area (Å²) in [5.41, 5.74) is 1.65. The van der Waals surface area contributed by atoms with Crippen LogP contribution in [0.25, 0.3) is 11.1 Å². The summed E-state index contributed by atoms with van der Waals surface area (Å²) in [4.78, 5) is 16.3. The molecule has 0 aliphatic heterocycles. The molecule has 2 rings (SSSR count). The molecule has 0 spiro atoms. The second-order valence-electron chi connectivity index (χ2n) is 4.61. The van der Waals surface area contributed by atoms with Gasteiger partial charge in [0.2, 0.25) is 0 Å². The van der Waals surface area contributed by atoms with Crippen LogP contribution in [0.2, 0.25) is 0 Å². The summed E-state index contributed by atoms with van der Waals surface area (Å²) in [6.45, 7) is 3.89. The number of halogens is 1. The topological polar surface area (TPSA) is 48.4 Å². The number of rotatable bonds is 5. The van der Waals surface area contributed by atoms with Crippen LogP contribution in [-0.4, -0.2) is 24.7 Å². The molecule has 4 nitrogen and oxygen atoms in total. The number of benzene rings is 1. The number of aryl methyl sites for hydroxylation is 1. The van der Waals surface area contributed by atoms with Gasteiger partial charge in [0.25, 0.3) is 0 Å². The van der Waals surface area contributed by atoms with Crippen LogP contribution in [0.5, 0.6) is 5.75 Å². The van der Waals surface area contributed by atoms with Crippen molar-refractivity contribution in [1.82, 2.24) is 4.98 Å². The van der Waals surface area contributed by atoms with E-state index < -0.39 is 11.8 Å². The summed E-state index contributed by atoms with van der Waals surface area (Å²) in [7, 11) is 1.46. The predicted octanol–water partition coefficient (Wildman–Crippen LogP) is 3.64. The number of hydrogen-bond donors (Lipinski definition) is 0. The first-order chi connectivity index (χ1) is 10.6. The van der Waals surface area contributed by atoms with Gasteiger partial charge in [-0.15, -0.1) is 0 Å². The zero-order valence-corrected chi connectivity index (χ0v) is 12.9. The minimum Gasteiger partial charge on any atom is -0.496 e. The van der Waals surface area contributed by atoms with Crippen LogP contribution in [-0.2, 0) is 11.2 Å². The molecule has 1 heterocycles. The lowest BCUT2D eigenvalue weighted by molar-refractivity contribution is 0.0527. The molecule has 0 atom stereocenters. The molecule has 0 fully saturated rings. The smallest absolute Gasteiger partial charge is 0.340 e. The lowest BCUT2D eigenvalue weighted by Crippen LogP contribution is -2.09. The van der Waals surface area contributed by atoms with Gasteiger partial charge < -0.3 is 9.47 Å². The van der Waals surface area contributed by atoms with Gasteiger partial charge in [-0.1, -0.05) is 13.0 Å². The summed E-state index contributed by atoms with van der Waals surface area (Å²) >= 11 is 0. The van der Waals surface area contributed by atoms with E-state index in [2.05, 4.69) is 4.98 Å². The standard InChI is InChI=1S/C17H18FNO3/c1-4-11-9-12(13(10-19-11)17(20)22-5-2)16-14(18)7-6-8-15(16)21-3/h6-10H,4-5H2,1-3H3. The van der Waals surface area contributed by atoms with Crippen molar-refractivity contribution in [2.75, 3.05) is 13.7 Å². The zero-order valence-electron chi connectivity index (χ0n) is 12.9. The fraction of sp³-hybridized carbons (Fsp3) is 0.294. The molecular weight excluding hydrogens is 285 g/mol. The first-order valence-corrected chi connectivity index (χ1v) is 7.11. The van der Waals surface area contributed by atoms with Crippen LogP contribution < -0.4 is 4.74 Å². The van der Waals surface area contributed by atoms with E-state index >= 15 is 0 Å². The number of methoxy groups -OCH3 is 1. The van der Waals surface area contributed by atoms with Crippen molar-refractivity contribution in [1.29, 1.82) is 0 Å². The average molecular weight is 303 g/mol. The Balaban J connectivity index is 2.69. The molecule has 1 aromatic heterocycles.